The Morgan fingerprint density at radius 1 is 1.15 bits per heavy atom. The van der Waals surface area contributed by atoms with E-state index in [2.05, 4.69) is 52.4 Å². The quantitative estimate of drug-likeness (QED) is 0.104. The molecule has 3 heterocycles. The number of ether oxygens (including phenoxy) is 1. The van der Waals surface area contributed by atoms with Crippen LogP contribution in [0.4, 0.5) is 10.2 Å². The second-order valence-corrected chi connectivity index (χ2v) is 20.8. The van der Waals surface area contributed by atoms with E-state index in [4.69, 9.17) is 4.74 Å². The first-order valence-electron chi connectivity index (χ1n) is 16.0. The lowest BCUT2D eigenvalue weighted by atomic mass is 9.79. The van der Waals surface area contributed by atoms with Gasteiger partial charge in [-0.25, -0.2) is 9.67 Å². The normalized spacial score (nSPS) is 18.3. The lowest BCUT2D eigenvalue weighted by Crippen LogP contribution is -2.49. The molecule has 11 nitrogen and oxygen atoms in total. The van der Waals surface area contributed by atoms with Crippen molar-refractivity contribution in [2.75, 3.05) is 23.9 Å². The predicted octanol–water partition coefficient (Wildman–Crippen LogP) is 5.15. The number of hydrogen-bond donors (Lipinski definition) is 2. The highest BCUT2D eigenvalue weighted by Crippen LogP contribution is 2.32. The van der Waals surface area contributed by atoms with Crippen molar-refractivity contribution < 1.29 is 23.3 Å². The minimum atomic E-state index is -1.22. The Morgan fingerprint density at radius 3 is 2.52 bits per heavy atom. The number of carbonyl (C=O) groups is 2. The fourth-order valence-corrected chi connectivity index (χ4v) is 6.97. The Morgan fingerprint density at radius 2 is 1.87 bits per heavy atom. The zero-order valence-electron chi connectivity index (χ0n) is 28.1. The first-order valence-corrected chi connectivity index (χ1v) is 21.4. The van der Waals surface area contributed by atoms with Crippen molar-refractivity contribution in [2.45, 2.75) is 91.5 Å². The standard InChI is InChI=1S/C32H48FN7O4SSi/c1-21-8-10-24(11-9-21)29(37-31(41)26-14-15-34-39(26)16-18-45(4)43)32(42)36-27-13-12-25(30(33)35-27)28-22(2)38-40(23(28)3)20-44-17-19-46(5,6)7/h12-15,21,24,29H,8-11,16-20H2,1-7H3,(H,37,41)(H,35,36,42)/t21-,24-,29-,45?/m0/s1. The summed E-state index contributed by atoms with van der Waals surface area (Å²) in [5.74, 6) is -0.762. The average molecular weight is 674 g/mol. The lowest BCUT2D eigenvalue weighted by Gasteiger charge is -2.32. The number of amides is 2. The van der Waals surface area contributed by atoms with Crippen LogP contribution < -0.4 is 10.6 Å². The zero-order chi connectivity index (χ0) is 33.6. The summed E-state index contributed by atoms with van der Waals surface area (Å²) < 4.78 is 36.2. The van der Waals surface area contributed by atoms with Crippen LogP contribution in [0, 0.1) is 31.6 Å². The molecular weight excluding hydrogens is 626 g/mol. The van der Waals surface area contributed by atoms with Crippen molar-refractivity contribution in [1.82, 2.24) is 29.9 Å². The van der Waals surface area contributed by atoms with E-state index in [-0.39, 0.29) is 29.7 Å². The maximum atomic E-state index is 15.5. The molecule has 1 fully saturated rings. The summed E-state index contributed by atoms with van der Waals surface area (Å²) in [7, 11) is -1.22. The first-order chi connectivity index (χ1) is 21.7. The number of rotatable bonds is 14. The van der Waals surface area contributed by atoms with Crippen LogP contribution in [0.15, 0.2) is 24.4 Å². The summed E-state index contributed by atoms with van der Waals surface area (Å²) in [5, 5.41) is 14.4. The summed E-state index contributed by atoms with van der Waals surface area (Å²) in [6.07, 6.45) is 6.55. The van der Waals surface area contributed by atoms with Crippen LogP contribution in [0.1, 0.15) is 54.5 Å². The molecule has 252 valence electrons. The third kappa shape index (κ3) is 9.49. The van der Waals surface area contributed by atoms with Crippen LogP contribution in [-0.2, 0) is 34.0 Å². The van der Waals surface area contributed by atoms with Crippen LogP contribution in [-0.4, -0.2) is 73.6 Å². The van der Waals surface area contributed by atoms with Gasteiger partial charge in [-0.05, 0) is 62.8 Å². The van der Waals surface area contributed by atoms with Gasteiger partial charge in [0, 0.05) is 37.7 Å². The number of hydrogen-bond acceptors (Lipinski definition) is 7. The Kier molecular flexibility index (Phi) is 12.2. The molecule has 1 saturated carbocycles. The average Bonchev–Trinajstić information content (AvgIpc) is 3.57. The van der Waals surface area contributed by atoms with E-state index in [9.17, 15) is 14.1 Å². The first kappa shape index (κ1) is 35.8. The van der Waals surface area contributed by atoms with Gasteiger partial charge in [0.2, 0.25) is 11.9 Å². The van der Waals surface area contributed by atoms with Gasteiger partial charge < -0.3 is 19.9 Å². The van der Waals surface area contributed by atoms with Crippen molar-refractivity contribution in [1.29, 1.82) is 0 Å². The van der Waals surface area contributed by atoms with Crippen LogP contribution in [0.3, 0.4) is 0 Å². The predicted molar refractivity (Wildman–Crippen MR) is 181 cm³/mol. The van der Waals surface area contributed by atoms with Gasteiger partial charge in [-0.15, -0.1) is 0 Å². The number of nitrogens with zero attached hydrogens (tertiary/aromatic N) is 5. The molecule has 0 saturated heterocycles. The molecule has 1 aliphatic carbocycles. The smallest absolute Gasteiger partial charge is 0.270 e. The monoisotopic (exact) mass is 673 g/mol. The molecule has 4 rings (SSSR count). The van der Waals surface area contributed by atoms with Crippen LogP contribution in [0.5, 0.6) is 0 Å². The molecule has 46 heavy (non-hydrogen) atoms. The highest BCUT2D eigenvalue weighted by molar-refractivity contribution is 7.90. The molecule has 1 unspecified atom stereocenters. The number of halogens is 1. The summed E-state index contributed by atoms with van der Waals surface area (Å²) in [6, 6.07) is 4.93. The van der Waals surface area contributed by atoms with Crippen molar-refractivity contribution in [3.63, 3.8) is 0 Å². The Hall–Kier alpha value is -3.07. The molecule has 0 bridgehead atoms. The van der Waals surface area contributed by atoms with Crippen molar-refractivity contribution in [3.8, 4) is 11.1 Å². The molecule has 3 aromatic rings. The summed E-state index contributed by atoms with van der Waals surface area (Å²) in [6.45, 7) is 14.0. The topological polar surface area (TPSA) is 139 Å². The highest BCUT2D eigenvalue weighted by Gasteiger charge is 2.34. The maximum absolute atomic E-state index is 15.5. The summed E-state index contributed by atoms with van der Waals surface area (Å²) >= 11 is -1.05. The lowest BCUT2D eigenvalue weighted by molar-refractivity contribution is -0.119. The third-order valence-electron chi connectivity index (χ3n) is 8.60. The molecular formula is C32H48FN7O4SSi. The van der Waals surface area contributed by atoms with E-state index in [0.717, 1.165) is 37.4 Å². The summed E-state index contributed by atoms with van der Waals surface area (Å²) in [5.41, 5.74) is 2.63. The Bertz CT molecular complexity index is 1500. The van der Waals surface area contributed by atoms with Gasteiger partial charge in [0.15, 0.2) is 0 Å². The second kappa shape index (κ2) is 15.7. The molecule has 2 N–H and O–H groups in total. The van der Waals surface area contributed by atoms with Gasteiger partial charge in [0.1, 0.15) is 30.0 Å². The minimum absolute atomic E-state index is 0.0579. The molecule has 1 aliphatic rings. The number of aromatic nitrogens is 5. The number of nitrogens with one attached hydrogen (secondary N) is 2. The molecule has 2 amide bonds. The Balaban J connectivity index is 1.49. The van der Waals surface area contributed by atoms with Crippen molar-refractivity contribution in [3.05, 3.63) is 47.4 Å². The minimum Gasteiger partial charge on any atom is -0.617 e. The maximum Gasteiger partial charge on any atom is 0.270 e. The SMILES string of the molecule is Cc1nn(COCC[Si](C)(C)C)c(C)c1-c1ccc(NC(=O)[C@@H](NC(=O)c2ccnn2CC[S+](C)[O-])[C@H]2CC[C@H](C)CC2)nc1F. The van der Waals surface area contributed by atoms with E-state index in [1.807, 2.05) is 13.8 Å². The molecule has 0 radical (unpaired) electrons. The van der Waals surface area contributed by atoms with Crippen molar-refractivity contribution in [2.24, 2.45) is 11.8 Å². The zero-order valence-corrected chi connectivity index (χ0v) is 29.9. The molecule has 0 aromatic carbocycles. The van der Waals surface area contributed by atoms with E-state index >= 15 is 4.39 Å². The molecule has 3 aromatic heterocycles. The van der Waals surface area contributed by atoms with Gasteiger partial charge in [0.25, 0.3) is 5.91 Å². The molecule has 2 atom stereocenters. The van der Waals surface area contributed by atoms with Gasteiger partial charge >= 0.3 is 0 Å². The van der Waals surface area contributed by atoms with Gasteiger partial charge in [-0.3, -0.25) is 14.3 Å². The number of carbonyl (C=O) groups excluding carboxylic acids is 2. The fourth-order valence-electron chi connectivity index (χ4n) is 5.79. The number of aryl methyl sites for hydroxylation is 2. The third-order valence-corrected chi connectivity index (χ3v) is 11.1. The van der Waals surface area contributed by atoms with E-state index in [1.165, 1.54) is 10.9 Å². The van der Waals surface area contributed by atoms with E-state index in [0.29, 0.717) is 36.1 Å². The van der Waals surface area contributed by atoms with Gasteiger partial charge in [-0.2, -0.15) is 14.6 Å². The summed E-state index contributed by atoms with van der Waals surface area (Å²) in [4.78, 5) is 31.2. The number of pyridine rings is 1. The molecule has 0 aliphatic heterocycles. The molecule has 0 spiro atoms. The van der Waals surface area contributed by atoms with E-state index < -0.39 is 43.1 Å². The number of anilines is 1. The fraction of sp³-hybridized carbons (Fsp3) is 0.594. The Labute approximate surface area is 275 Å². The van der Waals surface area contributed by atoms with Crippen molar-refractivity contribution >= 4 is 36.9 Å². The van der Waals surface area contributed by atoms with E-state index in [1.54, 1.807) is 29.1 Å². The van der Waals surface area contributed by atoms with Crippen LogP contribution in [0.2, 0.25) is 25.7 Å². The highest BCUT2D eigenvalue weighted by atomic mass is 32.2. The van der Waals surface area contributed by atoms with Crippen LogP contribution >= 0.6 is 0 Å². The molecule has 14 heteroatoms. The van der Waals surface area contributed by atoms with Gasteiger partial charge in [-0.1, -0.05) is 50.6 Å². The van der Waals surface area contributed by atoms with Crippen LogP contribution in [0.25, 0.3) is 11.1 Å². The largest absolute Gasteiger partial charge is 0.617 e. The van der Waals surface area contributed by atoms with Gasteiger partial charge in [0.05, 0.1) is 18.5 Å². The second-order valence-electron chi connectivity index (χ2n) is 13.6.